The Bertz CT molecular complexity index is 582. The Morgan fingerprint density at radius 1 is 1.09 bits per heavy atom. The van der Waals surface area contributed by atoms with Gasteiger partial charge in [0.15, 0.2) is 0 Å². The highest BCUT2D eigenvalue weighted by molar-refractivity contribution is 5.30. The van der Waals surface area contributed by atoms with Gasteiger partial charge in [-0.3, -0.25) is 4.90 Å². The van der Waals surface area contributed by atoms with Crippen LogP contribution in [0.2, 0.25) is 0 Å². The highest BCUT2D eigenvalue weighted by Gasteiger charge is 2.29. The zero-order valence-electron chi connectivity index (χ0n) is 13.1. The summed E-state index contributed by atoms with van der Waals surface area (Å²) >= 11 is 0. The van der Waals surface area contributed by atoms with Crippen molar-refractivity contribution in [3.05, 3.63) is 65.7 Å². The van der Waals surface area contributed by atoms with Gasteiger partial charge in [0.2, 0.25) is 0 Å². The predicted octanol–water partition coefficient (Wildman–Crippen LogP) is 2.97. The molecule has 1 aliphatic rings. The molecule has 2 aromatic carbocycles. The zero-order chi connectivity index (χ0) is 15.4. The molecular formula is C19H24N2O. The van der Waals surface area contributed by atoms with Crippen LogP contribution in [0.15, 0.2) is 54.6 Å². The molecule has 116 valence electrons. The number of piperidine rings is 1. The number of nitrogens with one attached hydrogen (secondary N) is 1. The normalized spacial score (nSPS) is 21.9. The first-order valence-electron chi connectivity index (χ1n) is 7.98. The second-order valence-electron chi connectivity index (χ2n) is 6.16. The molecule has 0 aliphatic carbocycles. The van der Waals surface area contributed by atoms with E-state index in [-0.39, 0.29) is 0 Å². The summed E-state index contributed by atoms with van der Waals surface area (Å²) in [6.07, 6.45) is 1.13. The predicted molar refractivity (Wildman–Crippen MR) is 90.0 cm³/mol. The van der Waals surface area contributed by atoms with E-state index in [0.29, 0.717) is 17.7 Å². The summed E-state index contributed by atoms with van der Waals surface area (Å²) in [5, 5.41) is 13.0. The van der Waals surface area contributed by atoms with Crippen LogP contribution in [-0.4, -0.2) is 36.2 Å². The lowest BCUT2D eigenvalue weighted by molar-refractivity contribution is 0.172. The summed E-state index contributed by atoms with van der Waals surface area (Å²) in [4.78, 5) is 2.44. The van der Waals surface area contributed by atoms with Crippen LogP contribution in [0.5, 0.6) is 5.75 Å². The largest absolute Gasteiger partial charge is 0.508 e. The molecule has 2 unspecified atom stereocenters. The maximum absolute atomic E-state index is 9.50. The Labute approximate surface area is 132 Å². The van der Waals surface area contributed by atoms with E-state index in [2.05, 4.69) is 59.7 Å². The summed E-state index contributed by atoms with van der Waals surface area (Å²) in [6.45, 7) is 3.03. The van der Waals surface area contributed by atoms with Gasteiger partial charge in [-0.25, -0.2) is 0 Å². The molecule has 3 heteroatoms. The second-order valence-corrected chi connectivity index (χ2v) is 6.16. The van der Waals surface area contributed by atoms with Gasteiger partial charge in [-0.1, -0.05) is 42.5 Å². The number of hydrogen-bond donors (Lipinski definition) is 2. The van der Waals surface area contributed by atoms with Gasteiger partial charge in [-0.15, -0.1) is 0 Å². The Morgan fingerprint density at radius 2 is 1.82 bits per heavy atom. The van der Waals surface area contributed by atoms with Gasteiger partial charge in [0.05, 0.1) is 0 Å². The van der Waals surface area contributed by atoms with E-state index >= 15 is 0 Å². The smallest absolute Gasteiger partial charge is 0.115 e. The molecule has 2 N–H and O–H groups in total. The minimum absolute atomic E-state index is 0.340. The molecule has 2 aromatic rings. The molecule has 1 fully saturated rings. The Hall–Kier alpha value is -1.84. The Morgan fingerprint density at radius 3 is 2.55 bits per heavy atom. The quantitative estimate of drug-likeness (QED) is 0.910. The van der Waals surface area contributed by atoms with Gasteiger partial charge in [0.25, 0.3) is 0 Å². The lowest BCUT2D eigenvalue weighted by Crippen LogP contribution is -2.48. The topological polar surface area (TPSA) is 35.5 Å². The molecule has 0 amide bonds. The van der Waals surface area contributed by atoms with Gasteiger partial charge in [0, 0.05) is 25.0 Å². The van der Waals surface area contributed by atoms with Crippen molar-refractivity contribution in [2.24, 2.45) is 0 Å². The van der Waals surface area contributed by atoms with Crippen molar-refractivity contribution in [3.8, 4) is 5.75 Å². The van der Waals surface area contributed by atoms with Crippen LogP contribution in [0.1, 0.15) is 23.5 Å². The minimum Gasteiger partial charge on any atom is -0.508 e. The standard InChI is InChI=1S/C19H24N2O/c1-21(14-15-5-3-2-4-6-15)19-13-20-12-11-18(19)16-7-9-17(22)10-8-16/h2-10,18-20,22H,11-14H2,1H3. The van der Waals surface area contributed by atoms with Crippen LogP contribution in [0.3, 0.4) is 0 Å². The van der Waals surface area contributed by atoms with E-state index in [9.17, 15) is 5.11 Å². The highest BCUT2D eigenvalue weighted by atomic mass is 16.3. The van der Waals surface area contributed by atoms with Gasteiger partial charge in [0.1, 0.15) is 5.75 Å². The lowest BCUT2D eigenvalue weighted by atomic mass is 9.85. The average molecular weight is 296 g/mol. The third kappa shape index (κ3) is 3.49. The van der Waals surface area contributed by atoms with Crippen LogP contribution >= 0.6 is 0 Å². The fraction of sp³-hybridized carbons (Fsp3) is 0.368. The van der Waals surface area contributed by atoms with Gasteiger partial charge < -0.3 is 10.4 Å². The van der Waals surface area contributed by atoms with E-state index < -0.39 is 0 Å². The molecular weight excluding hydrogens is 272 g/mol. The lowest BCUT2D eigenvalue weighted by Gasteiger charge is -2.39. The molecule has 1 heterocycles. The Balaban J connectivity index is 1.75. The van der Waals surface area contributed by atoms with E-state index in [4.69, 9.17) is 0 Å². The first-order chi connectivity index (χ1) is 10.7. The third-order valence-corrected chi connectivity index (χ3v) is 4.61. The number of likely N-dealkylation sites (N-methyl/N-ethyl adjacent to an activating group) is 1. The molecule has 0 saturated carbocycles. The van der Waals surface area contributed by atoms with Crippen molar-refractivity contribution in [1.29, 1.82) is 0 Å². The molecule has 0 aromatic heterocycles. The number of benzene rings is 2. The number of phenolic OH excluding ortho intramolecular Hbond substituents is 1. The first kappa shape index (κ1) is 15.1. The molecule has 1 saturated heterocycles. The zero-order valence-corrected chi connectivity index (χ0v) is 13.1. The minimum atomic E-state index is 0.340. The summed E-state index contributed by atoms with van der Waals surface area (Å²) in [5.41, 5.74) is 2.67. The van der Waals surface area contributed by atoms with Gasteiger partial charge >= 0.3 is 0 Å². The molecule has 0 radical (unpaired) electrons. The van der Waals surface area contributed by atoms with Crippen LogP contribution in [0.25, 0.3) is 0 Å². The molecule has 2 atom stereocenters. The maximum Gasteiger partial charge on any atom is 0.115 e. The van der Waals surface area contributed by atoms with E-state index in [1.807, 2.05) is 0 Å². The monoisotopic (exact) mass is 296 g/mol. The summed E-state index contributed by atoms with van der Waals surface area (Å²) < 4.78 is 0. The SMILES string of the molecule is CN(Cc1ccccc1)C1CNCCC1c1ccc(O)cc1. The Kier molecular flexibility index (Phi) is 4.76. The fourth-order valence-corrected chi connectivity index (χ4v) is 3.40. The van der Waals surface area contributed by atoms with Crippen molar-refractivity contribution >= 4 is 0 Å². The number of phenols is 1. The highest BCUT2D eigenvalue weighted by Crippen LogP contribution is 2.30. The van der Waals surface area contributed by atoms with E-state index in [1.54, 1.807) is 12.1 Å². The van der Waals surface area contributed by atoms with Crippen molar-refractivity contribution in [2.75, 3.05) is 20.1 Å². The van der Waals surface area contributed by atoms with Gasteiger partial charge in [-0.2, -0.15) is 0 Å². The second kappa shape index (κ2) is 6.95. The third-order valence-electron chi connectivity index (χ3n) is 4.61. The van der Waals surface area contributed by atoms with Crippen molar-refractivity contribution < 1.29 is 5.11 Å². The van der Waals surface area contributed by atoms with Crippen LogP contribution in [0.4, 0.5) is 0 Å². The van der Waals surface area contributed by atoms with Crippen molar-refractivity contribution in [2.45, 2.75) is 24.9 Å². The molecule has 0 bridgehead atoms. The summed E-state index contributed by atoms with van der Waals surface area (Å²) in [7, 11) is 2.21. The number of hydrogen-bond acceptors (Lipinski definition) is 3. The fourth-order valence-electron chi connectivity index (χ4n) is 3.40. The molecule has 22 heavy (non-hydrogen) atoms. The van der Waals surface area contributed by atoms with E-state index in [0.717, 1.165) is 26.1 Å². The van der Waals surface area contributed by atoms with Crippen molar-refractivity contribution in [1.82, 2.24) is 10.2 Å². The average Bonchev–Trinajstić information content (AvgIpc) is 2.56. The van der Waals surface area contributed by atoms with Crippen LogP contribution < -0.4 is 5.32 Å². The molecule has 3 nitrogen and oxygen atoms in total. The molecule has 3 rings (SSSR count). The van der Waals surface area contributed by atoms with Crippen LogP contribution in [0, 0.1) is 0 Å². The number of rotatable bonds is 4. The van der Waals surface area contributed by atoms with Crippen LogP contribution in [-0.2, 0) is 6.54 Å². The molecule has 1 aliphatic heterocycles. The summed E-state index contributed by atoms with van der Waals surface area (Å²) in [6, 6.07) is 18.8. The van der Waals surface area contributed by atoms with E-state index in [1.165, 1.54) is 11.1 Å². The number of nitrogens with zero attached hydrogens (tertiary/aromatic N) is 1. The molecule has 0 spiro atoms. The van der Waals surface area contributed by atoms with Gasteiger partial charge in [-0.05, 0) is 43.3 Å². The van der Waals surface area contributed by atoms with Crippen molar-refractivity contribution in [3.63, 3.8) is 0 Å². The summed E-state index contributed by atoms with van der Waals surface area (Å²) in [5.74, 6) is 0.849. The first-order valence-corrected chi connectivity index (χ1v) is 7.98. The number of aromatic hydroxyl groups is 1. The maximum atomic E-state index is 9.50.